The van der Waals surface area contributed by atoms with Crippen molar-refractivity contribution in [2.45, 2.75) is 69.9 Å². The number of nitriles is 1. The molecule has 1 saturated carbocycles. The number of halogens is 5. The van der Waals surface area contributed by atoms with Gasteiger partial charge in [0.1, 0.15) is 5.75 Å². The number of fused-ring (bicyclic) bond motifs is 1. The van der Waals surface area contributed by atoms with E-state index in [-0.39, 0.29) is 48.8 Å². The number of alkyl halides is 5. The van der Waals surface area contributed by atoms with Gasteiger partial charge in [-0.3, -0.25) is 9.48 Å². The van der Waals surface area contributed by atoms with Crippen LogP contribution < -0.4 is 4.74 Å². The first kappa shape index (κ1) is 23.0. The van der Waals surface area contributed by atoms with Crippen molar-refractivity contribution in [3.63, 3.8) is 0 Å². The van der Waals surface area contributed by atoms with Gasteiger partial charge in [-0.1, -0.05) is 0 Å². The molecule has 2 heterocycles. The summed E-state index contributed by atoms with van der Waals surface area (Å²) in [4.78, 5) is 14.5. The van der Waals surface area contributed by atoms with E-state index in [0.29, 0.717) is 18.5 Å². The molecule has 0 bridgehead atoms. The lowest BCUT2D eigenvalue weighted by Crippen LogP contribution is -2.33. The topological polar surface area (TPSA) is 71.2 Å². The number of amides is 1. The van der Waals surface area contributed by atoms with Crippen molar-refractivity contribution in [1.82, 2.24) is 14.7 Å². The second kappa shape index (κ2) is 8.32. The highest BCUT2D eigenvalue weighted by Crippen LogP contribution is 2.39. The van der Waals surface area contributed by atoms with Gasteiger partial charge in [0.15, 0.2) is 6.10 Å². The Morgan fingerprint density at radius 1 is 1.27 bits per heavy atom. The van der Waals surface area contributed by atoms with Gasteiger partial charge in [-0.25, -0.2) is 8.78 Å². The van der Waals surface area contributed by atoms with E-state index in [1.165, 1.54) is 23.1 Å². The average Bonchev–Trinajstić information content (AvgIpc) is 3.32. The third kappa shape index (κ3) is 4.79. The number of nitrogens with zero attached hydrogens (tertiary/aromatic N) is 4. The first-order valence-electron chi connectivity index (χ1n) is 10.5. The smallest absolute Gasteiger partial charge is 0.425 e. The van der Waals surface area contributed by atoms with Crippen LogP contribution in [0.4, 0.5) is 22.0 Å². The molecule has 1 aliphatic carbocycles. The fourth-order valence-electron chi connectivity index (χ4n) is 4.09. The maximum absolute atomic E-state index is 13.4. The van der Waals surface area contributed by atoms with Crippen LogP contribution in [0.25, 0.3) is 0 Å². The van der Waals surface area contributed by atoms with Crippen LogP contribution in [0, 0.1) is 11.3 Å². The molecule has 0 radical (unpaired) electrons. The van der Waals surface area contributed by atoms with Gasteiger partial charge in [0.25, 0.3) is 5.91 Å². The molecule has 2 aromatic rings. The second-order valence-corrected chi connectivity index (χ2v) is 8.45. The van der Waals surface area contributed by atoms with Gasteiger partial charge in [0.2, 0.25) is 5.92 Å². The van der Waals surface area contributed by atoms with E-state index in [4.69, 9.17) is 10.00 Å². The minimum atomic E-state index is -4.62. The van der Waals surface area contributed by atoms with Gasteiger partial charge < -0.3 is 9.64 Å². The molecule has 6 nitrogen and oxygen atoms in total. The van der Waals surface area contributed by atoms with Gasteiger partial charge in [-0.05, 0) is 38.0 Å². The highest BCUT2D eigenvalue weighted by molar-refractivity contribution is 5.97. The number of rotatable bonds is 4. The van der Waals surface area contributed by atoms with Crippen molar-refractivity contribution in [1.29, 1.82) is 5.26 Å². The van der Waals surface area contributed by atoms with Crippen molar-refractivity contribution < 1.29 is 31.5 Å². The Morgan fingerprint density at radius 3 is 2.58 bits per heavy atom. The molecule has 2 aliphatic rings. The van der Waals surface area contributed by atoms with E-state index in [0.717, 1.165) is 12.5 Å². The summed E-state index contributed by atoms with van der Waals surface area (Å²) in [5.41, 5.74) is 1.34. The predicted molar refractivity (Wildman–Crippen MR) is 106 cm³/mol. The largest absolute Gasteiger partial charge is 0.480 e. The molecule has 1 fully saturated rings. The van der Waals surface area contributed by atoms with Crippen LogP contribution >= 0.6 is 0 Å². The molecule has 0 unspecified atom stereocenters. The minimum absolute atomic E-state index is 0.113. The number of benzene rings is 1. The molecule has 1 atom stereocenters. The third-order valence-electron chi connectivity index (χ3n) is 6.05. The molecule has 11 heteroatoms. The van der Waals surface area contributed by atoms with Crippen molar-refractivity contribution in [3.8, 4) is 11.8 Å². The second-order valence-electron chi connectivity index (χ2n) is 8.45. The number of carbonyl (C=O) groups is 1. The SMILES string of the molecule is C[C@H](Oc1ccc(C#N)cc1C(=O)N1Cc2cn(C3CCC(F)(F)CC3)nc2C1)C(F)(F)F. The Kier molecular flexibility index (Phi) is 5.80. The highest BCUT2D eigenvalue weighted by atomic mass is 19.4. The number of hydrogen-bond donors (Lipinski definition) is 0. The van der Waals surface area contributed by atoms with Crippen molar-refractivity contribution in [2.75, 3.05) is 0 Å². The fourth-order valence-corrected chi connectivity index (χ4v) is 4.09. The van der Waals surface area contributed by atoms with Gasteiger partial charge in [-0.15, -0.1) is 0 Å². The summed E-state index contributed by atoms with van der Waals surface area (Å²) in [6.45, 7) is 1.12. The Balaban J connectivity index is 1.50. The van der Waals surface area contributed by atoms with Crippen molar-refractivity contribution >= 4 is 5.91 Å². The molecular formula is C22H21F5N4O2. The number of hydrogen-bond acceptors (Lipinski definition) is 4. The molecule has 176 valence electrons. The molecule has 0 spiro atoms. The monoisotopic (exact) mass is 468 g/mol. The summed E-state index contributed by atoms with van der Waals surface area (Å²) < 4.78 is 72.4. The zero-order valence-corrected chi connectivity index (χ0v) is 17.7. The fraction of sp³-hybridized carbons (Fsp3) is 0.500. The molecule has 1 aromatic carbocycles. The standard InChI is InChI=1S/C22H21F5N4O2/c1-13(22(25,26)27)33-19-3-2-14(9-28)8-17(19)20(32)30-10-15-11-31(29-18(15)12-30)16-4-6-21(23,24)7-5-16/h2-3,8,11,13,16H,4-7,10,12H2,1H3/t13-/m0/s1. The van der Waals surface area contributed by atoms with Gasteiger partial charge >= 0.3 is 6.18 Å². The zero-order valence-electron chi connectivity index (χ0n) is 17.7. The Morgan fingerprint density at radius 2 is 1.97 bits per heavy atom. The van der Waals surface area contributed by atoms with Crippen molar-refractivity contribution in [2.24, 2.45) is 0 Å². The number of aromatic nitrogens is 2. The van der Waals surface area contributed by atoms with Gasteiger partial charge in [0, 0.05) is 31.1 Å². The lowest BCUT2D eigenvalue weighted by Gasteiger charge is -2.28. The van der Waals surface area contributed by atoms with Crippen LogP contribution in [-0.2, 0) is 13.1 Å². The Hall–Kier alpha value is -3.16. The quantitative estimate of drug-likeness (QED) is 0.593. The van der Waals surface area contributed by atoms with Crippen LogP contribution in [0.3, 0.4) is 0 Å². The summed E-state index contributed by atoms with van der Waals surface area (Å²) in [6, 6.07) is 5.41. The van der Waals surface area contributed by atoms with E-state index in [9.17, 15) is 26.7 Å². The molecule has 1 amide bonds. The normalized spacial score (nSPS) is 19.1. The molecule has 0 saturated heterocycles. The lowest BCUT2D eigenvalue weighted by atomic mass is 9.92. The van der Waals surface area contributed by atoms with Gasteiger partial charge in [0.05, 0.1) is 35.5 Å². The van der Waals surface area contributed by atoms with Crippen LogP contribution in [0.5, 0.6) is 5.75 Å². The summed E-state index contributed by atoms with van der Waals surface area (Å²) in [5.74, 6) is -3.49. The van der Waals surface area contributed by atoms with Crippen molar-refractivity contribution in [3.05, 3.63) is 46.8 Å². The number of carbonyl (C=O) groups excluding carboxylic acids is 1. The van der Waals surface area contributed by atoms with Crippen LogP contribution in [0.15, 0.2) is 24.4 Å². The maximum atomic E-state index is 13.4. The first-order chi connectivity index (χ1) is 15.5. The zero-order chi connectivity index (χ0) is 24.0. The van der Waals surface area contributed by atoms with Crippen LogP contribution in [-0.4, -0.2) is 38.8 Å². The molecule has 33 heavy (non-hydrogen) atoms. The van der Waals surface area contributed by atoms with Gasteiger partial charge in [-0.2, -0.15) is 23.5 Å². The Bertz CT molecular complexity index is 1070. The van der Waals surface area contributed by atoms with E-state index in [1.807, 2.05) is 6.07 Å². The molecule has 4 rings (SSSR count). The summed E-state index contributed by atoms with van der Waals surface area (Å²) >= 11 is 0. The summed E-state index contributed by atoms with van der Waals surface area (Å²) in [5, 5.41) is 13.6. The first-order valence-corrected chi connectivity index (χ1v) is 10.5. The molecule has 1 aliphatic heterocycles. The number of ether oxygens (including phenoxy) is 1. The summed E-state index contributed by atoms with van der Waals surface area (Å²) in [7, 11) is 0. The molecular weight excluding hydrogens is 447 g/mol. The van der Waals surface area contributed by atoms with Crippen LogP contribution in [0.2, 0.25) is 0 Å². The lowest BCUT2D eigenvalue weighted by molar-refractivity contribution is -0.189. The van der Waals surface area contributed by atoms with E-state index >= 15 is 0 Å². The van der Waals surface area contributed by atoms with Crippen LogP contribution in [0.1, 0.15) is 65.8 Å². The van der Waals surface area contributed by atoms with E-state index in [2.05, 4.69) is 5.10 Å². The maximum Gasteiger partial charge on any atom is 0.425 e. The highest BCUT2D eigenvalue weighted by Gasteiger charge is 2.39. The molecule has 0 N–H and O–H groups in total. The summed E-state index contributed by atoms with van der Waals surface area (Å²) in [6.07, 6.45) is -4.78. The van der Waals surface area contributed by atoms with E-state index in [1.54, 1.807) is 10.9 Å². The van der Waals surface area contributed by atoms with E-state index < -0.39 is 24.1 Å². The minimum Gasteiger partial charge on any atom is -0.480 e. The average molecular weight is 468 g/mol. The predicted octanol–water partition coefficient (Wildman–Crippen LogP) is 4.99. The third-order valence-corrected chi connectivity index (χ3v) is 6.05. The Labute approximate surface area is 186 Å². The molecule has 1 aromatic heterocycles.